The third-order valence-corrected chi connectivity index (χ3v) is 2.38. The predicted octanol–water partition coefficient (Wildman–Crippen LogP) is -1.16. The molecule has 0 bridgehead atoms. The van der Waals surface area contributed by atoms with Gasteiger partial charge in [0, 0.05) is 6.54 Å². The second-order valence-electron chi connectivity index (χ2n) is 3.79. The standard InChI is InChI=1S/C8H14N2O3/c1-8(2,7(9)13)10-4-5(11)3-6(10)12/h5,11H,3-4H2,1-2H3,(H2,9,13). The summed E-state index contributed by atoms with van der Waals surface area (Å²) in [7, 11) is 0. The van der Waals surface area contributed by atoms with E-state index < -0.39 is 17.6 Å². The van der Waals surface area contributed by atoms with Crippen molar-refractivity contribution in [3.8, 4) is 0 Å². The number of aliphatic hydroxyl groups excluding tert-OH is 1. The fourth-order valence-electron chi connectivity index (χ4n) is 1.36. The van der Waals surface area contributed by atoms with Crippen molar-refractivity contribution < 1.29 is 14.7 Å². The molecule has 0 aromatic rings. The number of carbonyl (C=O) groups is 2. The Labute approximate surface area is 76.5 Å². The minimum Gasteiger partial charge on any atom is -0.391 e. The lowest BCUT2D eigenvalue weighted by Crippen LogP contribution is -2.54. The summed E-state index contributed by atoms with van der Waals surface area (Å²) in [5.74, 6) is -0.786. The second-order valence-corrected chi connectivity index (χ2v) is 3.79. The van der Waals surface area contributed by atoms with Crippen LogP contribution in [0.2, 0.25) is 0 Å². The van der Waals surface area contributed by atoms with Gasteiger partial charge in [0.2, 0.25) is 11.8 Å². The van der Waals surface area contributed by atoms with Crippen LogP contribution in [0.5, 0.6) is 0 Å². The first-order chi connectivity index (χ1) is 5.85. The molecule has 0 radical (unpaired) electrons. The highest BCUT2D eigenvalue weighted by Crippen LogP contribution is 2.21. The van der Waals surface area contributed by atoms with Gasteiger partial charge in [-0.05, 0) is 13.8 Å². The zero-order valence-electron chi connectivity index (χ0n) is 7.78. The van der Waals surface area contributed by atoms with Crippen LogP contribution >= 0.6 is 0 Å². The van der Waals surface area contributed by atoms with Gasteiger partial charge in [-0.15, -0.1) is 0 Å². The molecule has 0 spiro atoms. The van der Waals surface area contributed by atoms with Crippen molar-refractivity contribution in [2.75, 3.05) is 6.54 Å². The molecule has 5 nitrogen and oxygen atoms in total. The molecule has 74 valence electrons. The zero-order valence-corrected chi connectivity index (χ0v) is 7.78. The largest absolute Gasteiger partial charge is 0.391 e. The Kier molecular flexibility index (Phi) is 2.30. The maximum Gasteiger partial charge on any atom is 0.242 e. The normalized spacial score (nSPS) is 23.8. The van der Waals surface area contributed by atoms with Gasteiger partial charge in [0.25, 0.3) is 0 Å². The summed E-state index contributed by atoms with van der Waals surface area (Å²) in [5, 5.41) is 9.20. The number of nitrogens with zero attached hydrogens (tertiary/aromatic N) is 1. The van der Waals surface area contributed by atoms with Crippen LogP contribution in [0.15, 0.2) is 0 Å². The van der Waals surface area contributed by atoms with Gasteiger partial charge >= 0.3 is 0 Å². The molecule has 0 aliphatic carbocycles. The minimum atomic E-state index is -1.01. The summed E-state index contributed by atoms with van der Waals surface area (Å²) in [6, 6.07) is 0. The molecule has 0 aromatic carbocycles. The molecule has 13 heavy (non-hydrogen) atoms. The number of hydrogen-bond donors (Lipinski definition) is 2. The maximum absolute atomic E-state index is 11.3. The summed E-state index contributed by atoms with van der Waals surface area (Å²) in [6.45, 7) is 3.34. The van der Waals surface area contributed by atoms with E-state index in [9.17, 15) is 14.7 Å². The van der Waals surface area contributed by atoms with E-state index in [1.165, 1.54) is 4.90 Å². The van der Waals surface area contributed by atoms with Crippen molar-refractivity contribution in [1.82, 2.24) is 4.90 Å². The molecular weight excluding hydrogens is 172 g/mol. The molecule has 0 saturated carbocycles. The van der Waals surface area contributed by atoms with Crippen LogP contribution in [0, 0.1) is 0 Å². The number of nitrogens with two attached hydrogens (primary N) is 1. The predicted molar refractivity (Wildman–Crippen MR) is 45.6 cm³/mol. The fraction of sp³-hybridized carbons (Fsp3) is 0.750. The second kappa shape index (κ2) is 2.99. The van der Waals surface area contributed by atoms with E-state index in [1.807, 2.05) is 0 Å². The third-order valence-electron chi connectivity index (χ3n) is 2.38. The molecule has 3 N–H and O–H groups in total. The average Bonchev–Trinajstić information content (AvgIpc) is 2.30. The van der Waals surface area contributed by atoms with Crippen molar-refractivity contribution >= 4 is 11.8 Å². The quantitative estimate of drug-likeness (QED) is 0.570. The number of carbonyl (C=O) groups excluding carboxylic acids is 2. The van der Waals surface area contributed by atoms with Crippen LogP contribution in [0.3, 0.4) is 0 Å². The first-order valence-corrected chi connectivity index (χ1v) is 4.14. The lowest BCUT2D eigenvalue weighted by atomic mass is 10.0. The molecule has 1 aliphatic rings. The first-order valence-electron chi connectivity index (χ1n) is 4.14. The van der Waals surface area contributed by atoms with E-state index >= 15 is 0 Å². The van der Waals surface area contributed by atoms with Crippen molar-refractivity contribution in [1.29, 1.82) is 0 Å². The van der Waals surface area contributed by atoms with Crippen LogP contribution in [0.4, 0.5) is 0 Å². The molecule has 1 fully saturated rings. The lowest BCUT2D eigenvalue weighted by molar-refractivity contribution is -0.140. The molecule has 1 saturated heterocycles. The lowest BCUT2D eigenvalue weighted by Gasteiger charge is -2.32. The third kappa shape index (κ3) is 1.65. The Bertz CT molecular complexity index is 250. The Hall–Kier alpha value is -1.10. The summed E-state index contributed by atoms with van der Waals surface area (Å²) >= 11 is 0. The van der Waals surface area contributed by atoms with Gasteiger partial charge in [0.1, 0.15) is 5.54 Å². The van der Waals surface area contributed by atoms with Crippen LogP contribution in [0.1, 0.15) is 20.3 Å². The molecule has 1 aliphatic heterocycles. The van der Waals surface area contributed by atoms with Crippen molar-refractivity contribution in [2.45, 2.75) is 31.9 Å². The van der Waals surface area contributed by atoms with E-state index in [-0.39, 0.29) is 18.9 Å². The van der Waals surface area contributed by atoms with Gasteiger partial charge < -0.3 is 15.7 Å². The highest BCUT2D eigenvalue weighted by Gasteiger charge is 2.41. The van der Waals surface area contributed by atoms with Gasteiger partial charge in [-0.1, -0.05) is 0 Å². The summed E-state index contributed by atoms with van der Waals surface area (Å²) in [6.07, 6.45) is -0.595. The van der Waals surface area contributed by atoms with Gasteiger partial charge in [-0.3, -0.25) is 9.59 Å². The van der Waals surface area contributed by atoms with Gasteiger partial charge in [0.05, 0.1) is 12.5 Å². The number of primary amides is 1. The SMILES string of the molecule is CC(C)(C(N)=O)N1CC(O)CC1=O. The van der Waals surface area contributed by atoms with Crippen LogP contribution in [-0.4, -0.2) is 40.0 Å². The smallest absolute Gasteiger partial charge is 0.242 e. The van der Waals surface area contributed by atoms with Crippen LogP contribution < -0.4 is 5.73 Å². The van der Waals surface area contributed by atoms with Gasteiger partial charge in [-0.25, -0.2) is 0 Å². The summed E-state index contributed by atoms with van der Waals surface area (Å²) < 4.78 is 0. The van der Waals surface area contributed by atoms with Crippen molar-refractivity contribution in [3.63, 3.8) is 0 Å². The number of hydrogen-bond acceptors (Lipinski definition) is 3. The van der Waals surface area contributed by atoms with E-state index in [1.54, 1.807) is 13.8 Å². The molecular formula is C8H14N2O3. The highest BCUT2D eigenvalue weighted by molar-refractivity contribution is 5.90. The van der Waals surface area contributed by atoms with Crippen molar-refractivity contribution in [3.05, 3.63) is 0 Å². The van der Waals surface area contributed by atoms with E-state index in [0.717, 1.165) is 0 Å². The van der Waals surface area contributed by atoms with Gasteiger partial charge in [0.15, 0.2) is 0 Å². The molecule has 5 heteroatoms. The van der Waals surface area contributed by atoms with Crippen LogP contribution in [0.25, 0.3) is 0 Å². The van der Waals surface area contributed by atoms with E-state index in [4.69, 9.17) is 5.73 Å². The van der Waals surface area contributed by atoms with Crippen LogP contribution in [-0.2, 0) is 9.59 Å². The number of rotatable bonds is 2. The summed E-state index contributed by atoms with van der Waals surface area (Å²) in [4.78, 5) is 23.6. The molecule has 2 amide bonds. The van der Waals surface area contributed by atoms with Gasteiger partial charge in [-0.2, -0.15) is 0 Å². The topological polar surface area (TPSA) is 83.6 Å². The monoisotopic (exact) mass is 186 g/mol. The Morgan fingerprint density at radius 3 is 2.54 bits per heavy atom. The Morgan fingerprint density at radius 1 is 1.69 bits per heavy atom. The molecule has 0 aromatic heterocycles. The number of β-amino-alcohol motifs (C(OH)–C–C–N with tert-alkyl or cyclic N) is 1. The van der Waals surface area contributed by atoms with E-state index in [0.29, 0.717) is 0 Å². The molecule has 1 heterocycles. The Balaban J connectivity index is 2.83. The molecule has 1 rings (SSSR count). The first kappa shape index (κ1) is 9.98. The van der Waals surface area contributed by atoms with Crippen molar-refractivity contribution in [2.24, 2.45) is 5.73 Å². The average molecular weight is 186 g/mol. The Morgan fingerprint density at radius 2 is 2.23 bits per heavy atom. The minimum absolute atomic E-state index is 0.0801. The highest BCUT2D eigenvalue weighted by atomic mass is 16.3. The number of likely N-dealkylation sites (tertiary alicyclic amines) is 1. The number of amides is 2. The summed E-state index contributed by atoms with van der Waals surface area (Å²) in [5.41, 5.74) is 4.14. The maximum atomic E-state index is 11.3. The molecule has 1 atom stereocenters. The van der Waals surface area contributed by atoms with E-state index in [2.05, 4.69) is 0 Å². The number of aliphatic hydroxyl groups is 1. The zero-order chi connectivity index (χ0) is 10.2. The molecule has 1 unspecified atom stereocenters. The fourth-order valence-corrected chi connectivity index (χ4v) is 1.36.